The van der Waals surface area contributed by atoms with Crippen molar-refractivity contribution >= 4 is 7.26 Å². The fraction of sp³-hybridized carbons (Fsp3) is 1.00. The molecule has 0 aliphatic carbocycles. The molecule has 0 radical (unpaired) electrons. The van der Waals surface area contributed by atoms with E-state index < -0.39 is 7.26 Å². The molecular weight excluding hydrogens is 231 g/mol. The van der Waals surface area contributed by atoms with E-state index in [4.69, 9.17) is 9.47 Å². The summed E-state index contributed by atoms with van der Waals surface area (Å²) in [5, 5.41) is 0. The predicted octanol–water partition coefficient (Wildman–Crippen LogP) is 4.32. The first kappa shape index (κ1) is 17.4. The van der Waals surface area contributed by atoms with E-state index in [9.17, 15) is 0 Å². The van der Waals surface area contributed by atoms with Crippen LogP contribution in [0.25, 0.3) is 0 Å². The van der Waals surface area contributed by atoms with Crippen LogP contribution in [0.15, 0.2) is 0 Å². The van der Waals surface area contributed by atoms with Crippen LogP contribution in [0.1, 0.15) is 53.9 Å². The topological polar surface area (TPSA) is 18.5 Å². The van der Waals surface area contributed by atoms with Gasteiger partial charge in [0, 0.05) is 0 Å². The van der Waals surface area contributed by atoms with Gasteiger partial charge in [-0.3, -0.25) is 0 Å². The van der Waals surface area contributed by atoms with Gasteiger partial charge in [0.25, 0.3) is 0 Å². The molecular formula is C14H33O2P. The monoisotopic (exact) mass is 264 g/mol. The van der Waals surface area contributed by atoms with Gasteiger partial charge in [-0.05, 0) is 0 Å². The number of hydrogen-bond acceptors (Lipinski definition) is 2. The molecule has 3 heteroatoms. The Bertz CT molecular complexity index is 168. The molecule has 0 rings (SSSR count). The Kier molecular flexibility index (Phi) is 9.49. The van der Waals surface area contributed by atoms with Crippen molar-refractivity contribution in [2.75, 3.05) is 25.6 Å². The molecule has 0 aromatic heterocycles. The van der Waals surface area contributed by atoms with E-state index in [1.165, 1.54) is 37.7 Å². The number of methoxy groups -OCH3 is 1. The average molecular weight is 264 g/mol. The van der Waals surface area contributed by atoms with Crippen LogP contribution in [0.5, 0.6) is 0 Å². The third-order valence-corrected chi connectivity index (χ3v) is 10.2. The molecule has 2 nitrogen and oxygen atoms in total. The minimum absolute atomic E-state index is 0.0672. The minimum atomic E-state index is -1.28. The van der Waals surface area contributed by atoms with Gasteiger partial charge in [0.05, 0.1) is 0 Å². The van der Waals surface area contributed by atoms with Gasteiger partial charge < -0.3 is 0 Å². The molecule has 0 aromatic rings. The van der Waals surface area contributed by atoms with Crippen LogP contribution in [0.3, 0.4) is 0 Å². The van der Waals surface area contributed by atoms with Gasteiger partial charge in [-0.1, -0.05) is 0 Å². The summed E-state index contributed by atoms with van der Waals surface area (Å²) in [5.41, 5.74) is 0. The second-order valence-corrected chi connectivity index (χ2v) is 10.2. The van der Waals surface area contributed by atoms with Crippen molar-refractivity contribution in [1.82, 2.24) is 0 Å². The molecule has 0 fully saturated rings. The van der Waals surface area contributed by atoms with Crippen LogP contribution in [0.2, 0.25) is 0 Å². The molecule has 2 unspecified atom stereocenters. The van der Waals surface area contributed by atoms with Crippen molar-refractivity contribution in [3.63, 3.8) is 0 Å². The van der Waals surface area contributed by atoms with E-state index in [0.29, 0.717) is 5.85 Å². The molecule has 0 amide bonds. The van der Waals surface area contributed by atoms with E-state index in [0.717, 1.165) is 0 Å². The zero-order valence-electron chi connectivity index (χ0n) is 12.7. The van der Waals surface area contributed by atoms with E-state index in [1.54, 1.807) is 7.11 Å². The number of rotatable bonds is 10. The van der Waals surface area contributed by atoms with Gasteiger partial charge in [0.2, 0.25) is 0 Å². The fourth-order valence-electron chi connectivity index (χ4n) is 2.97. The van der Waals surface area contributed by atoms with Crippen LogP contribution in [-0.2, 0) is 9.47 Å². The fourth-order valence-corrected chi connectivity index (χ4v) is 8.40. The van der Waals surface area contributed by atoms with Crippen molar-refractivity contribution in [3.05, 3.63) is 0 Å². The number of hydrogen-bond donors (Lipinski definition) is 0. The molecule has 0 aliphatic heterocycles. The predicted molar refractivity (Wildman–Crippen MR) is 80.8 cm³/mol. The summed E-state index contributed by atoms with van der Waals surface area (Å²) < 4.78 is 11.3. The molecule has 0 saturated carbocycles. The van der Waals surface area contributed by atoms with Crippen molar-refractivity contribution in [2.24, 2.45) is 0 Å². The summed E-state index contributed by atoms with van der Waals surface area (Å²) in [7, 11) is 0.442. The standard InChI is InChI=1S/C14H33O2P/c1-7-10-17(11-8-2,12-9-3)14(5)16-13(4)15-6/h13-14,17H,7-12H2,1-6H3. The van der Waals surface area contributed by atoms with Crippen LogP contribution in [0, 0.1) is 0 Å². The zero-order valence-corrected chi connectivity index (χ0v) is 13.7. The number of ether oxygens (including phenoxy) is 2. The molecule has 0 aromatic carbocycles. The SMILES string of the molecule is CCC[PH](CCC)(CCC)C(C)OC(C)OC. The van der Waals surface area contributed by atoms with Crippen molar-refractivity contribution in [1.29, 1.82) is 0 Å². The van der Waals surface area contributed by atoms with Gasteiger partial charge in [-0.2, -0.15) is 0 Å². The second-order valence-electron chi connectivity index (χ2n) is 5.19. The molecule has 0 heterocycles. The molecule has 0 bridgehead atoms. The normalized spacial score (nSPS) is 16.8. The zero-order chi connectivity index (χ0) is 13.3. The van der Waals surface area contributed by atoms with E-state index >= 15 is 0 Å². The molecule has 0 spiro atoms. The summed E-state index contributed by atoms with van der Waals surface area (Å²) in [6, 6.07) is 0. The second kappa shape index (κ2) is 9.30. The maximum absolute atomic E-state index is 6.06. The summed E-state index contributed by atoms with van der Waals surface area (Å²) >= 11 is 0. The Labute approximate surface area is 109 Å². The van der Waals surface area contributed by atoms with Gasteiger partial charge in [-0.25, -0.2) is 0 Å². The average Bonchev–Trinajstić information content (AvgIpc) is 2.29. The van der Waals surface area contributed by atoms with Crippen molar-refractivity contribution < 1.29 is 9.47 Å². The molecule has 0 saturated heterocycles. The van der Waals surface area contributed by atoms with Gasteiger partial charge in [0.15, 0.2) is 0 Å². The van der Waals surface area contributed by atoms with E-state index in [1.807, 2.05) is 6.92 Å². The molecule has 106 valence electrons. The summed E-state index contributed by atoms with van der Waals surface area (Å²) in [4.78, 5) is 0. The first-order chi connectivity index (χ1) is 8.06. The maximum atomic E-state index is 6.06. The summed E-state index contributed by atoms with van der Waals surface area (Å²) in [6.45, 7) is 11.2. The third kappa shape index (κ3) is 5.68. The van der Waals surface area contributed by atoms with Gasteiger partial charge >= 0.3 is 108 Å². The van der Waals surface area contributed by atoms with Crippen molar-refractivity contribution in [2.45, 2.75) is 66.0 Å². The van der Waals surface area contributed by atoms with Crippen molar-refractivity contribution in [3.8, 4) is 0 Å². The van der Waals surface area contributed by atoms with E-state index in [2.05, 4.69) is 27.7 Å². The molecule has 0 aliphatic rings. The van der Waals surface area contributed by atoms with E-state index in [-0.39, 0.29) is 6.29 Å². The Morgan fingerprint density at radius 3 is 1.59 bits per heavy atom. The first-order valence-corrected chi connectivity index (χ1v) is 9.94. The molecule has 17 heavy (non-hydrogen) atoms. The first-order valence-electron chi connectivity index (χ1n) is 7.24. The Morgan fingerprint density at radius 2 is 1.29 bits per heavy atom. The van der Waals surface area contributed by atoms with Crippen LogP contribution >= 0.6 is 7.26 Å². The third-order valence-electron chi connectivity index (χ3n) is 3.83. The van der Waals surface area contributed by atoms with Gasteiger partial charge in [-0.15, -0.1) is 0 Å². The summed E-state index contributed by atoms with van der Waals surface area (Å²) in [5.74, 6) is 0.414. The summed E-state index contributed by atoms with van der Waals surface area (Å²) in [6.07, 6.45) is 8.00. The Morgan fingerprint density at radius 1 is 0.882 bits per heavy atom. The van der Waals surface area contributed by atoms with Crippen LogP contribution in [0.4, 0.5) is 0 Å². The van der Waals surface area contributed by atoms with Gasteiger partial charge in [0.1, 0.15) is 0 Å². The quantitative estimate of drug-likeness (QED) is 0.432. The Hall–Kier alpha value is 0.350. The molecule has 2 atom stereocenters. The van der Waals surface area contributed by atoms with Crippen LogP contribution in [-0.4, -0.2) is 37.7 Å². The van der Waals surface area contributed by atoms with Crippen LogP contribution < -0.4 is 0 Å². The molecule has 0 N–H and O–H groups in total. The Balaban J connectivity index is 4.70.